The van der Waals surface area contributed by atoms with E-state index in [4.69, 9.17) is 4.98 Å². The molecule has 29 heavy (non-hydrogen) atoms. The molecule has 1 saturated carbocycles. The summed E-state index contributed by atoms with van der Waals surface area (Å²) in [4.78, 5) is 24.3. The molecule has 6 heteroatoms. The van der Waals surface area contributed by atoms with Crippen LogP contribution in [0.4, 0.5) is 4.79 Å². The van der Waals surface area contributed by atoms with Gasteiger partial charge in [-0.25, -0.2) is 14.8 Å². The van der Waals surface area contributed by atoms with E-state index in [2.05, 4.69) is 20.9 Å². The number of hydrogen-bond acceptors (Lipinski definition) is 3. The molecule has 1 saturated heterocycles. The van der Waals surface area contributed by atoms with Crippen LogP contribution in [0.15, 0.2) is 48.7 Å². The first-order chi connectivity index (χ1) is 14.3. The van der Waals surface area contributed by atoms with E-state index in [1.165, 1.54) is 31.5 Å². The highest BCUT2D eigenvalue weighted by Crippen LogP contribution is 2.37. The number of likely N-dealkylation sites (tertiary alicyclic amines) is 1. The molecule has 1 aromatic carbocycles. The van der Waals surface area contributed by atoms with Gasteiger partial charge in [-0.3, -0.25) is 0 Å². The number of imidazole rings is 1. The van der Waals surface area contributed by atoms with Gasteiger partial charge >= 0.3 is 6.03 Å². The highest BCUT2D eigenvalue weighted by Gasteiger charge is 2.33. The summed E-state index contributed by atoms with van der Waals surface area (Å²) in [6, 6.07) is 14.3. The van der Waals surface area contributed by atoms with Gasteiger partial charge < -0.3 is 14.8 Å². The van der Waals surface area contributed by atoms with Crippen molar-refractivity contribution in [2.45, 2.75) is 50.6 Å². The lowest BCUT2D eigenvalue weighted by Crippen LogP contribution is -2.38. The highest BCUT2D eigenvalue weighted by molar-refractivity contribution is 5.75. The van der Waals surface area contributed by atoms with Gasteiger partial charge in [-0.15, -0.1) is 0 Å². The molecule has 2 aliphatic rings. The Labute approximate surface area is 171 Å². The normalized spacial score (nSPS) is 19.9. The summed E-state index contributed by atoms with van der Waals surface area (Å²) in [5, 5.41) is 3.06. The van der Waals surface area contributed by atoms with E-state index in [0.717, 1.165) is 29.7 Å². The van der Waals surface area contributed by atoms with Gasteiger partial charge in [0.1, 0.15) is 11.3 Å². The van der Waals surface area contributed by atoms with Crippen LogP contribution < -0.4 is 5.32 Å². The van der Waals surface area contributed by atoms with Gasteiger partial charge in [0.15, 0.2) is 5.65 Å². The van der Waals surface area contributed by atoms with Crippen molar-refractivity contribution in [3.05, 3.63) is 60.0 Å². The molecule has 0 radical (unpaired) electrons. The quantitative estimate of drug-likeness (QED) is 0.726. The number of hydrogen-bond donors (Lipinski definition) is 1. The monoisotopic (exact) mass is 389 g/mol. The molecule has 2 amide bonds. The van der Waals surface area contributed by atoms with Crippen molar-refractivity contribution in [3.63, 3.8) is 0 Å². The summed E-state index contributed by atoms with van der Waals surface area (Å²) in [6.07, 6.45) is 7.76. The molecule has 6 nitrogen and oxygen atoms in total. The van der Waals surface area contributed by atoms with Crippen LogP contribution in [0.2, 0.25) is 0 Å². The predicted molar refractivity (Wildman–Crippen MR) is 113 cm³/mol. The number of nitrogens with zero attached hydrogens (tertiary/aromatic N) is 4. The van der Waals surface area contributed by atoms with Gasteiger partial charge in [0.2, 0.25) is 0 Å². The zero-order valence-electron chi connectivity index (χ0n) is 16.6. The highest BCUT2D eigenvalue weighted by atomic mass is 16.2. The summed E-state index contributed by atoms with van der Waals surface area (Å²) in [7, 11) is 0. The Morgan fingerprint density at radius 1 is 1.07 bits per heavy atom. The van der Waals surface area contributed by atoms with Crippen LogP contribution in [-0.2, 0) is 6.54 Å². The van der Waals surface area contributed by atoms with Gasteiger partial charge in [0.05, 0.1) is 6.04 Å². The minimum absolute atomic E-state index is 0.0103. The van der Waals surface area contributed by atoms with Crippen molar-refractivity contribution in [2.24, 2.45) is 0 Å². The van der Waals surface area contributed by atoms with Crippen molar-refractivity contribution in [3.8, 4) is 0 Å². The Morgan fingerprint density at radius 3 is 2.72 bits per heavy atom. The molecule has 1 aliphatic heterocycles. The average Bonchev–Trinajstić information content (AvgIpc) is 3.51. The second-order valence-corrected chi connectivity index (χ2v) is 8.20. The van der Waals surface area contributed by atoms with Gasteiger partial charge in [-0.05, 0) is 37.0 Å². The number of amides is 2. The van der Waals surface area contributed by atoms with Crippen molar-refractivity contribution in [1.29, 1.82) is 0 Å². The van der Waals surface area contributed by atoms with E-state index in [9.17, 15) is 4.79 Å². The summed E-state index contributed by atoms with van der Waals surface area (Å²) in [5.41, 5.74) is 3.05. The average molecular weight is 390 g/mol. The summed E-state index contributed by atoms with van der Waals surface area (Å²) >= 11 is 0. The number of aromatic nitrogens is 3. The fraction of sp³-hybridized carbons (Fsp3) is 0.435. The third kappa shape index (κ3) is 3.59. The predicted octanol–water partition coefficient (Wildman–Crippen LogP) is 4.25. The van der Waals surface area contributed by atoms with E-state index >= 15 is 0 Å². The van der Waals surface area contributed by atoms with Crippen molar-refractivity contribution < 1.29 is 4.79 Å². The molecule has 3 heterocycles. The maximum Gasteiger partial charge on any atom is 0.317 e. The second kappa shape index (κ2) is 7.85. The maximum atomic E-state index is 12.7. The summed E-state index contributed by atoms with van der Waals surface area (Å²) in [6.45, 7) is 2.04. The zero-order chi connectivity index (χ0) is 19.6. The number of rotatable bonds is 4. The Morgan fingerprint density at radius 2 is 1.90 bits per heavy atom. The van der Waals surface area contributed by atoms with Crippen molar-refractivity contribution in [2.75, 3.05) is 13.1 Å². The van der Waals surface area contributed by atoms with Gasteiger partial charge in [0.25, 0.3) is 0 Å². The molecule has 1 aliphatic carbocycles. The van der Waals surface area contributed by atoms with Crippen molar-refractivity contribution >= 4 is 17.2 Å². The van der Waals surface area contributed by atoms with Crippen LogP contribution >= 0.6 is 0 Å². The number of urea groups is 1. The molecular weight excluding hydrogens is 362 g/mol. The largest absolute Gasteiger partial charge is 0.334 e. The first kappa shape index (κ1) is 18.2. The number of pyridine rings is 1. The van der Waals surface area contributed by atoms with Crippen LogP contribution in [0, 0.1) is 0 Å². The lowest BCUT2D eigenvalue weighted by atomic mass is 10.1. The lowest BCUT2D eigenvalue weighted by molar-refractivity contribution is 0.206. The van der Waals surface area contributed by atoms with Crippen LogP contribution in [0.1, 0.15) is 55.5 Å². The Kier molecular flexibility index (Phi) is 4.92. The SMILES string of the molecule is O=C(NCc1ccccc1)N1CC[C@H](n2c(C3CCCC3)nc3cccnc32)C1. The molecule has 1 N–H and O–H groups in total. The third-order valence-electron chi connectivity index (χ3n) is 6.30. The summed E-state index contributed by atoms with van der Waals surface area (Å²) in [5.74, 6) is 1.69. The Hall–Kier alpha value is -2.89. The Balaban J connectivity index is 1.33. The van der Waals surface area contributed by atoms with E-state index in [1.807, 2.05) is 47.5 Å². The minimum atomic E-state index is 0.0103. The van der Waals surface area contributed by atoms with E-state index < -0.39 is 0 Å². The second-order valence-electron chi connectivity index (χ2n) is 8.20. The van der Waals surface area contributed by atoms with E-state index in [0.29, 0.717) is 19.0 Å². The smallest absolute Gasteiger partial charge is 0.317 e. The van der Waals surface area contributed by atoms with E-state index in [1.54, 1.807) is 0 Å². The first-order valence-corrected chi connectivity index (χ1v) is 10.7. The molecule has 0 spiro atoms. The number of nitrogens with one attached hydrogen (secondary N) is 1. The number of benzene rings is 1. The number of fused-ring (bicyclic) bond motifs is 1. The maximum absolute atomic E-state index is 12.7. The van der Waals surface area contributed by atoms with Crippen LogP contribution in [-0.4, -0.2) is 38.6 Å². The molecule has 3 aromatic rings. The molecule has 1 atom stereocenters. The van der Waals surface area contributed by atoms with Crippen molar-refractivity contribution in [1.82, 2.24) is 24.8 Å². The van der Waals surface area contributed by atoms with Crippen LogP contribution in [0.5, 0.6) is 0 Å². The Bertz CT molecular complexity index is 993. The summed E-state index contributed by atoms with van der Waals surface area (Å²) < 4.78 is 2.34. The molecule has 5 rings (SSSR count). The third-order valence-corrected chi connectivity index (χ3v) is 6.30. The fourth-order valence-electron chi connectivity index (χ4n) is 4.80. The van der Waals surface area contributed by atoms with Gasteiger partial charge in [-0.2, -0.15) is 0 Å². The molecule has 0 bridgehead atoms. The van der Waals surface area contributed by atoms with E-state index in [-0.39, 0.29) is 12.1 Å². The lowest BCUT2D eigenvalue weighted by Gasteiger charge is -2.21. The van der Waals surface area contributed by atoms with Crippen LogP contribution in [0.3, 0.4) is 0 Å². The first-order valence-electron chi connectivity index (χ1n) is 10.7. The van der Waals surface area contributed by atoms with Gasteiger partial charge in [-0.1, -0.05) is 43.2 Å². The fourth-order valence-corrected chi connectivity index (χ4v) is 4.80. The standard InChI is InChI=1S/C23H27N5O/c29-23(25-15-17-7-2-1-3-8-17)27-14-12-19(16-27)28-21(18-9-4-5-10-18)26-20-11-6-13-24-22(20)28/h1-3,6-8,11,13,18-19H,4-5,9-10,12,14-16H2,(H,25,29)/t19-/m0/s1. The topological polar surface area (TPSA) is 63.1 Å². The molecular formula is C23H27N5O. The van der Waals surface area contributed by atoms with Crippen LogP contribution in [0.25, 0.3) is 11.2 Å². The zero-order valence-corrected chi connectivity index (χ0v) is 16.6. The molecule has 2 aromatic heterocycles. The number of carbonyl (C=O) groups excluding carboxylic acids is 1. The molecule has 0 unspecified atom stereocenters. The molecule has 2 fully saturated rings. The number of carbonyl (C=O) groups is 1. The van der Waals surface area contributed by atoms with Gasteiger partial charge in [0, 0.05) is 31.7 Å². The minimum Gasteiger partial charge on any atom is -0.334 e. The molecule has 150 valence electrons.